The molecule has 0 aliphatic heterocycles. The second-order valence-electron chi connectivity index (χ2n) is 11.4. The van der Waals surface area contributed by atoms with Crippen molar-refractivity contribution in [3.8, 4) is 39.1 Å². The molecule has 0 aliphatic carbocycles. The fourth-order valence-corrected chi connectivity index (χ4v) is 6.59. The van der Waals surface area contributed by atoms with Crippen LogP contribution < -0.4 is 0 Å². The Bertz CT molecular complexity index is 2320. The number of hydrogen-bond acceptors (Lipinski definition) is 2. The van der Waals surface area contributed by atoms with Gasteiger partial charge in [0.2, 0.25) is 0 Å². The van der Waals surface area contributed by atoms with Crippen LogP contribution in [-0.4, -0.2) is 38.1 Å². The summed E-state index contributed by atoms with van der Waals surface area (Å²) in [5.74, 6) is 0.388. The van der Waals surface area contributed by atoms with Gasteiger partial charge in [0, 0.05) is 18.1 Å². The van der Waals surface area contributed by atoms with Crippen molar-refractivity contribution in [2.45, 2.75) is 5.11 Å². The molecule has 0 aliphatic rings. The van der Waals surface area contributed by atoms with Crippen LogP contribution >= 0.6 is 0 Å². The quantitative estimate of drug-likeness (QED) is 0.155. The van der Waals surface area contributed by atoms with Gasteiger partial charge in [0.15, 0.2) is 0 Å². The number of hydrogen-bond donors (Lipinski definition) is 0. The average molecular weight is 567 g/mol. The third-order valence-corrected chi connectivity index (χ3v) is 8.46. The Hall–Kier alpha value is -5.35. The van der Waals surface area contributed by atoms with Crippen molar-refractivity contribution in [1.29, 1.82) is 0 Å². The molecule has 8 aromatic rings. The Morgan fingerprint density at radius 3 is 1.76 bits per heavy atom. The lowest BCUT2D eigenvalue weighted by Crippen LogP contribution is -2.31. The van der Waals surface area contributed by atoms with Crippen LogP contribution in [-0.2, 0) is 5.11 Å². The molecule has 0 spiro atoms. The Kier molecular flexibility index (Phi) is 6.46. The summed E-state index contributed by atoms with van der Waals surface area (Å²) in [6.45, 7) is 0. The van der Waals surface area contributed by atoms with E-state index in [4.69, 9.17) is 28.5 Å². The Labute approximate surface area is 265 Å². The summed E-state index contributed by atoms with van der Waals surface area (Å²) in [6, 6.07) is 46.3. The van der Waals surface area contributed by atoms with Gasteiger partial charge in [-0.1, -0.05) is 102 Å². The first-order valence-corrected chi connectivity index (χ1v) is 14.9. The highest BCUT2D eigenvalue weighted by molar-refractivity contribution is 6.58. The molecule has 2 aromatic heterocycles. The summed E-state index contributed by atoms with van der Waals surface area (Å²) in [7, 11) is 18.8. The van der Waals surface area contributed by atoms with Crippen LogP contribution in [0.5, 0.6) is 0 Å². The van der Waals surface area contributed by atoms with Gasteiger partial charge < -0.3 is 0 Å². The third-order valence-electron chi connectivity index (χ3n) is 8.46. The van der Waals surface area contributed by atoms with Gasteiger partial charge in [-0.3, -0.25) is 9.55 Å². The maximum atomic E-state index is 6.25. The van der Waals surface area contributed by atoms with Crippen LogP contribution in [0.1, 0.15) is 5.82 Å². The van der Waals surface area contributed by atoms with Gasteiger partial charge in [0.1, 0.15) is 0 Å². The predicted octanol–water partition coefficient (Wildman–Crippen LogP) is 8.34. The number of imidazole rings is 1. The summed E-state index contributed by atoms with van der Waals surface area (Å²) in [6.07, 6.45) is 3.69. The van der Waals surface area contributed by atoms with E-state index in [0.717, 1.165) is 44.2 Å². The van der Waals surface area contributed by atoms with Crippen molar-refractivity contribution in [2.75, 3.05) is 0 Å². The highest BCUT2D eigenvalue weighted by atomic mass is 15.1. The van der Waals surface area contributed by atoms with Gasteiger partial charge in [-0.15, -0.1) is 0 Å². The zero-order valence-corrected chi connectivity index (χ0v) is 24.4. The van der Waals surface area contributed by atoms with E-state index in [1.54, 1.807) is 0 Å². The molecule has 0 bridgehead atoms. The Morgan fingerprint density at radius 1 is 0.511 bits per heavy atom. The van der Waals surface area contributed by atoms with Gasteiger partial charge in [0.25, 0.3) is 0 Å². The van der Waals surface area contributed by atoms with Gasteiger partial charge in [-0.25, -0.2) is 4.98 Å². The van der Waals surface area contributed by atoms with Crippen LogP contribution in [0.3, 0.4) is 0 Å². The fourth-order valence-electron chi connectivity index (χ4n) is 6.59. The van der Waals surface area contributed by atoms with E-state index < -0.39 is 5.11 Å². The van der Waals surface area contributed by atoms with E-state index in [-0.39, 0.29) is 0 Å². The van der Waals surface area contributed by atoms with Crippen molar-refractivity contribution in [1.82, 2.24) is 14.5 Å². The molecule has 0 atom stereocenters. The molecule has 0 saturated carbocycles. The normalized spacial score (nSPS) is 11.8. The molecule has 6 aromatic carbocycles. The van der Waals surface area contributed by atoms with E-state index in [1.165, 1.54) is 27.5 Å². The summed E-state index contributed by atoms with van der Waals surface area (Å²) in [5, 5.41) is 3.05. The summed E-state index contributed by atoms with van der Waals surface area (Å²) in [5.41, 5.74) is 9.43. The van der Waals surface area contributed by atoms with E-state index in [9.17, 15) is 0 Å². The molecule has 3 nitrogen and oxygen atoms in total. The van der Waals surface area contributed by atoms with Crippen molar-refractivity contribution in [2.24, 2.45) is 0 Å². The summed E-state index contributed by atoms with van der Waals surface area (Å²) < 4.78 is 1.96. The van der Waals surface area contributed by atoms with Crippen LogP contribution in [0, 0.1) is 0 Å². The number of pyridine rings is 1. The van der Waals surface area contributed by atoms with Gasteiger partial charge in [-0.05, 0) is 91.3 Å². The fraction of sp³-hybridized carbons (Fsp3) is 0.0256. The second kappa shape index (κ2) is 10.7. The van der Waals surface area contributed by atoms with Gasteiger partial charge >= 0.3 is 0 Å². The largest absolute Gasteiger partial charge is 0.298 e. The van der Waals surface area contributed by atoms with Gasteiger partial charge in [-0.2, -0.15) is 0 Å². The zero-order valence-electron chi connectivity index (χ0n) is 24.4. The minimum atomic E-state index is -1.63. The molecular formula is C39H24B3N3. The maximum absolute atomic E-state index is 6.25. The number of nitrogens with zero attached hydrogens (tertiary/aromatic N) is 3. The molecule has 2 heterocycles. The van der Waals surface area contributed by atoms with Crippen LogP contribution in [0.2, 0.25) is 0 Å². The zero-order chi connectivity index (χ0) is 30.5. The molecule has 204 valence electrons. The van der Waals surface area contributed by atoms with E-state index in [1.807, 2.05) is 47.3 Å². The van der Waals surface area contributed by atoms with Crippen molar-refractivity contribution in [3.63, 3.8) is 0 Å². The molecule has 45 heavy (non-hydrogen) atoms. The highest BCUT2D eigenvalue weighted by Gasteiger charge is 2.24. The molecule has 6 radical (unpaired) electrons. The monoisotopic (exact) mass is 567 g/mol. The van der Waals surface area contributed by atoms with Crippen LogP contribution in [0.15, 0.2) is 146 Å². The average Bonchev–Trinajstić information content (AvgIpc) is 3.48. The topological polar surface area (TPSA) is 30.7 Å². The third kappa shape index (κ3) is 4.57. The second-order valence-corrected chi connectivity index (χ2v) is 11.4. The number of aromatic nitrogens is 3. The van der Waals surface area contributed by atoms with Crippen molar-refractivity contribution in [3.05, 3.63) is 152 Å². The van der Waals surface area contributed by atoms with Crippen molar-refractivity contribution >= 4 is 56.1 Å². The summed E-state index contributed by atoms with van der Waals surface area (Å²) in [4.78, 5) is 8.98. The van der Waals surface area contributed by atoms with Crippen LogP contribution in [0.25, 0.3) is 71.6 Å². The van der Waals surface area contributed by atoms with Crippen LogP contribution in [0.4, 0.5) is 0 Å². The number of para-hydroxylation sites is 2. The minimum absolute atomic E-state index is 0.388. The first-order chi connectivity index (χ1) is 22.0. The molecular weight excluding hydrogens is 543 g/mol. The van der Waals surface area contributed by atoms with Crippen molar-refractivity contribution < 1.29 is 0 Å². The molecule has 8 rings (SSSR count). The molecule has 0 fully saturated rings. The number of fused-ring (bicyclic) bond motifs is 3. The Balaban J connectivity index is 1.42. The maximum Gasteiger partial charge on any atom is 0.0951 e. The lowest BCUT2D eigenvalue weighted by Gasteiger charge is -2.22. The first kappa shape index (κ1) is 27.2. The number of benzene rings is 6. The minimum Gasteiger partial charge on any atom is -0.298 e. The number of rotatable bonds is 5. The molecule has 0 amide bonds. The highest BCUT2D eigenvalue weighted by Crippen LogP contribution is 2.46. The summed E-state index contributed by atoms with van der Waals surface area (Å²) >= 11 is 0. The predicted molar refractivity (Wildman–Crippen MR) is 189 cm³/mol. The lowest BCUT2D eigenvalue weighted by atomic mass is 9.42. The SMILES string of the molecule is [B]C([B])([B])c1nc2ccccc2n1-c1cccc(-c2c3ccccc3c(-c3ccccc3-c3ccncc3)c3ccccc23)c1. The van der Waals surface area contributed by atoms with E-state index in [0.29, 0.717) is 5.82 Å². The Morgan fingerprint density at radius 2 is 1.09 bits per heavy atom. The lowest BCUT2D eigenvalue weighted by molar-refractivity contribution is 0.930. The van der Waals surface area contributed by atoms with Gasteiger partial charge in [0.05, 0.1) is 40.4 Å². The smallest absolute Gasteiger partial charge is 0.0951 e. The van der Waals surface area contributed by atoms with E-state index in [2.05, 4.69) is 108 Å². The molecule has 0 unspecified atom stereocenters. The standard InChI is InChI=1S/C39H24B3N3/c40-39(41,42)38-44-34-18-7-8-19-35(34)45(38)27-11-9-10-26(24-27)36-30-14-3-5-16-32(30)37(33-17-6-4-15-31(33)36)29-13-2-1-12-28(29)25-20-22-43-23-21-25/h1-24H. The molecule has 0 saturated heterocycles. The first-order valence-electron chi connectivity index (χ1n) is 14.9. The van der Waals surface area contributed by atoms with E-state index >= 15 is 0 Å². The molecule has 0 N–H and O–H groups in total. The molecule has 6 heteroatoms.